The molecule has 0 saturated heterocycles. The number of benzene rings is 1. The number of aryl methyl sites for hydroxylation is 1. The zero-order valence-electron chi connectivity index (χ0n) is 16.6. The number of amides is 1. The molecule has 1 amide bonds. The Morgan fingerprint density at radius 2 is 2.12 bits per heavy atom. The van der Waals surface area contributed by atoms with Crippen LogP contribution in [0.5, 0.6) is 5.75 Å². The summed E-state index contributed by atoms with van der Waals surface area (Å²) in [6, 6.07) is 6.13. The first-order valence-electron chi connectivity index (χ1n) is 9.79. The number of ether oxygens (including phenoxy) is 1. The number of allylic oxidation sites excluding steroid dienone is 2. The van der Waals surface area contributed by atoms with Gasteiger partial charge in [-0.1, -0.05) is 51.8 Å². The third kappa shape index (κ3) is 6.01. The van der Waals surface area contributed by atoms with E-state index in [0.29, 0.717) is 5.92 Å². The number of nitrogens with one attached hydrogen (secondary N) is 1. The molecule has 1 aromatic carbocycles. The number of carbonyl (C=O) groups is 1. The summed E-state index contributed by atoms with van der Waals surface area (Å²) < 4.78 is 5.77. The number of hydrogen-bond acceptors (Lipinski definition) is 3. The molecule has 1 aliphatic rings. The molecule has 0 aliphatic heterocycles. The van der Waals surface area contributed by atoms with Gasteiger partial charge in [0.05, 0.1) is 5.71 Å². The van der Waals surface area contributed by atoms with E-state index in [1.807, 2.05) is 13.0 Å². The van der Waals surface area contributed by atoms with Crippen LogP contribution in [-0.2, 0) is 4.79 Å². The van der Waals surface area contributed by atoms with E-state index in [4.69, 9.17) is 4.74 Å². The topological polar surface area (TPSA) is 50.7 Å². The zero-order valence-corrected chi connectivity index (χ0v) is 16.6. The predicted molar refractivity (Wildman–Crippen MR) is 108 cm³/mol. The minimum absolute atomic E-state index is 0.0190. The summed E-state index contributed by atoms with van der Waals surface area (Å²) in [6.45, 7) is 8.45. The monoisotopic (exact) mass is 356 g/mol. The Balaban J connectivity index is 1.88. The summed E-state index contributed by atoms with van der Waals surface area (Å²) in [4.78, 5) is 12.1. The Bertz CT molecular complexity index is 675. The average Bonchev–Trinajstić information content (AvgIpc) is 3.05. The van der Waals surface area contributed by atoms with E-state index >= 15 is 0 Å². The van der Waals surface area contributed by atoms with Crippen molar-refractivity contribution in [2.24, 2.45) is 5.10 Å². The van der Waals surface area contributed by atoms with Crippen LogP contribution >= 0.6 is 0 Å². The molecule has 142 valence electrons. The molecule has 1 aromatic rings. The second-order valence-electron chi connectivity index (χ2n) is 7.30. The van der Waals surface area contributed by atoms with Crippen molar-refractivity contribution < 1.29 is 9.53 Å². The molecule has 0 bridgehead atoms. The number of hydrogen-bond donors (Lipinski definition) is 1. The second kappa shape index (κ2) is 10.1. The van der Waals surface area contributed by atoms with Crippen molar-refractivity contribution in [1.29, 1.82) is 0 Å². The van der Waals surface area contributed by atoms with Crippen LogP contribution in [0.3, 0.4) is 0 Å². The lowest BCUT2D eigenvalue weighted by molar-refractivity contribution is -0.123. The number of rotatable bonds is 9. The lowest BCUT2D eigenvalue weighted by Crippen LogP contribution is -2.26. The molecule has 1 aliphatic carbocycles. The van der Waals surface area contributed by atoms with Gasteiger partial charge in [-0.15, -0.1) is 0 Å². The fourth-order valence-electron chi connectivity index (χ4n) is 3.15. The van der Waals surface area contributed by atoms with Crippen molar-refractivity contribution in [2.75, 3.05) is 6.61 Å². The fraction of sp³-hybridized carbons (Fsp3) is 0.545. The molecule has 0 fully saturated rings. The SMILES string of the molecule is CCCCCC1=CCCC1=NNC(=O)COc1cc(C)ccc1C(C)C. The maximum Gasteiger partial charge on any atom is 0.277 e. The van der Waals surface area contributed by atoms with Crippen LogP contribution in [0.4, 0.5) is 0 Å². The molecule has 1 N–H and O–H groups in total. The Kier molecular flexibility index (Phi) is 7.89. The van der Waals surface area contributed by atoms with Gasteiger partial charge in [-0.05, 0) is 61.3 Å². The minimum atomic E-state index is -0.214. The summed E-state index contributed by atoms with van der Waals surface area (Å²) >= 11 is 0. The highest BCUT2D eigenvalue weighted by atomic mass is 16.5. The highest BCUT2D eigenvalue weighted by Crippen LogP contribution is 2.27. The molecule has 0 atom stereocenters. The number of carbonyl (C=O) groups excluding carboxylic acids is 1. The van der Waals surface area contributed by atoms with Crippen molar-refractivity contribution >= 4 is 11.6 Å². The maximum atomic E-state index is 12.1. The third-order valence-corrected chi connectivity index (χ3v) is 4.66. The van der Waals surface area contributed by atoms with Crippen LogP contribution in [-0.4, -0.2) is 18.2 Å². The quantitative estimate of drug-likeness (QED) is 0.484. The number of hydrazone groups is 1. The van der Waals surface area contributed by atoms with Gasteiger partial charge in [0.15, 0.2) is 6.61 Å². The van der Waals surface area contributed by atoms with Gasteiger partial charge in [0.1, 0.15) is 5.75 Å². The van der Waals surface area contributed by atoms with Gasteiger partial charge < -0.3 is 4.74 Å². The Hall–Kier alpha value is -2.10. The molecule has 0 unspecified atom stereocenters. The van der Waals surface area contributed by atoms with Gasteiger partial charge in [-0.3, -0.25) is 4.79 Å². The first-order chi connectivity index (χ1) is 12.5. The van der Waals surface area contributed by atoms with E-state index < -0.39 is 0 Å². The van der Waals surface area contributed by atoms with Crippen molar-refractivity contribution in [3.05, 3.63) is 41.0 Å². The third-order valence-electron chi connectivity index (χ3n) is 4.66. The van der Waals surface area contributed by atoms with Crippen LogP contribution < -0.4 is 10.2 Å². The van der Waals surface area contributed by atoms with E-state index in [9.17, 15) is 4.79 Å². The highest BCUT2D eigenvalue weighted by Gasteiger charge is 2.14. The Morgan fingerprint density at radius 3 is 2.85 bits per heavy atom. The molecule has 0 saturated carbocycles. The van der Waals surface area contributed by atoms with Gasteiger partial charge in [-0.25, -0.2) is 5.43 Å². The van der Waals surface area contributed by atoms with Gasteiger partial charge in [0.25, 0.3) is 5.91 Å². The van der Waals surface area contributed by atoms with E-state index in [2.05, 4.69) is 49.5 Å². The summed E-state index contributed by atoms with van der Waals surface area (Å²) in [5.74, 6) is 0.917. The molecule has 2 rings (SSSR count). The normalized spacial score (nSPS) is 15.4. The first kappa shape index (κ1) is 20.2. The smallest absolute Gasteiger partial charge is 0.277 e. The highest BCUT2D eigenvalue weighted by molar-refractivity contribution is 6.02. The predicted octanol–water partition coefficient (Wildman–Crippen LogP) is 5.27. The molecule has 0 spiro atoms. The average molecular weight is 357 g/mol. The van der Waals surface area contributed by atoms with Gasteiger partial charge >= 0.3 is 0 Å². The standard InChI is InChI=1S/C22H32N2O2/c1-5-6-7-9-18-10-8-11-20(18)23-24-22(25)15-26-21-14-17(4)12-13-19(21)16(2)3/h10,12-14,16H,5-9,11,15H2,1-4H3,(H,24,25). The Morgan fingerprint density at radius 1 is 1.31 bits per heavy atom. The molecule has 4 heteroatoms. The van der Waals surface area contributed by atoms with Crippen LogP contribution in [0.2, 0.25) is 0 Å². The van der Waals surface area contributed by atoms with E-state index in [0.717, 1.165) is 41.9 Å². The lowest BCUT2D eigenvalue weighted by Gasteiger charge is -2.14. The zero-order chi connectivity index (χ0) is 18.9. The van der Waals surface area contributed by atoms with Crippen molar-refractivity contribution in [2.45, 2.75) is 72.1 Å². The second-order valence-corrected chi connectivity index (χ2v) is 7.30. The van der Waals surface area contributed by atoms with Crippen LogP contribution in [0, 0.1) is 6.92 Å². The van der Waals surface area contributed by atoms with Crippen LogP contribution in [0.1, 0.15) is 76.3 Å². The summed E-state index contributed by atoms with van der Waals surface area (Å²) in [6.07, 6.45) is 8.87. The maximum absolute atomic E-state index is 12.1. The van der Waals surface area contributed by atoms with E-state index in [1.165, 1.54) is 24.8 Å². The van der Waals surface area contributed by atoms with Gasteiger partial charge in [-0.2, -0.15) is 5.10 Å². The molecule has 4 nitrogen and oxygen atoms in total. The number of unbranched alkanes of at least 4 members (excludes halogenated alkanes) is 2. The first-order valence-corrected chi connectivity index (χ1v) is 9.79. The Labute approximate surface area is 157 Å². The van der Waals surface area contributed by atoms with E-state index in [-0.39, 0.29) is 12.5 Å². The molecule has 0 heterocycles. The summed E-state index contributed by atoms with van der Waals surface area (Å²) in [5, 5.41) is 4.34. The minimum Gasteiger partial charge on any atom is -0.483 e. The molecular weight excluding hydrogens is 324 g/mol. The lowest BCUT2D eigenvalue weighted by atomic mass is 10.0. The van der Waals surface area contributed by atoms with Crippen LogP contribution in [0.15, 0.2) is 34.9 Å². The largest absolute Gasteiger partial charge is 0.483 e. The summed E-state index contributed by atoms with van der Waals surface area (Å²) in [7, 11) is 0. The fourth-order valence-corrected chi connectivity index (χ4v) is 3.15. The van der Waals surface area contributed by atoms with Gasteiger partial charge in [0.2, 0.25) is 0 Å². The number of nitrogens with zero attached hydrogens (tertiary/aromatic N) is 1. The van der Waals surface area contributed by atoms with Crippen LogP contribution in [0.25, 0.3) is 0 Å². The molecule has 26 heavy (non-hydrogen) atoms. The van der Waals surface area contributed by atoms with E-state index in [1.54, 1.807) is 0 Å². The van der Waals surface area contributed by atoms with Crippen molar-refractivity contribution in [1.82, 2.24) is 5.43 Å². The van der Waals surface area contributed by atoms with Crippen molar-refractivity contribution in [3.63, 3.8) is 0 Å². The van der Waals surface area contributed by atoms with Crippen molar-refractivity contribution in [3.8, 4) is 5.75 Å². The van der Waals surface area contributed by atoms with Gasteiger partial charge in [0, 0.05) is 0 Å². The molecular formula is C22H32N2O2. The molecule has 0 aromatic heterocycles. The molecule has 0 radical (unpaired) electrons. The summed E-state index contributed by atoms with van der Waals surface area (Å²) in [5.41, 5.74) is 7.22.